The lowest BCUT2D eigenvalue weighted by Gasteiger charge is -2.27. The van der Waals surface area contributed by atoms with E-state index in [0.717, 1.165) is 11.6 Å². The van der Waals surface area contributed by atoms with Crippen molar-refractivity contribution in [1.29, 1.82) is 0 Å². The molecular formula is C13H19N3O. The fourth-order valence-corrected chi connectivity index (χ4v) is 2.11. The first-order valence-electron chi connectivity index (χ1n) is 5.93. The molecule has 4 heteroatoms. The lowest BCUT2D eigenvalue weighted by molar-refractivity contribution is 0.100. The number of primary amides is 1. The summed E-state index contributed by atoms with van der Waals surface area (Å²) >= 11 is 0. The molecule has 2 rings (SSSR count). The lowest BCUT2D eigenvalue weighted by atomic mass is 10.1. The molecule has 4 N–H and O–H groups in total. The van der Waals surface area contributed by atoms with Crippen molar-refractivity contribution in [2.75, 3.05) is 17.7 Å². The molecule has 0 bridgehead atoms. The monoisotopic (exact) mass is 233 g/mol. The van der Waals surface area contributed by atoms with Crippen LogP contribution < -0.4 is 16.4 Å². The van der Waals surface area contributed by atoms with Crippen LogP contribution in [0.2, 0.25) is 0 Å². The van der Waals surface area contributed by atoms with Crippen LogP contribution in [-0.2, 0) is 0 Å². The van der Waals surface area contributed by atoms with Gasteiger partial charge in [-0.1, -0.05) is 0 Å². The molecule has 0 heterocycles. The standard InChI is InChI=1S/C13H19N3O/c1-8(9-3-4-9)16(2)10-5-6-12(14)11(7-10)13(15)17/h5-9H,3-4,14H2,1-2H3,(H2,15,17). The fraction of sp³-hybridized carbons (Fsp3) is 0.462. The van der Waals surface area contributed by atoms with E-state index in [-0.39, 0.29) is 0 Å². The average molecular weight is 233 g/mol. The molecule has 1 atom stereocenters. The summed E-state index contributed by atoms with van der Waals surface area (Å²) in [6, 6.07) is 5.93. The van der Waals surface area contributed by atoms with E-state index in [1.165, 1.54) is 12.8 Å². The molecule has 0 spiro atoms. The second kappa shape index (κ2) is 4.28. The summed E-state index contributed by atoms with van der Waals surface area (Å²) in [5.74, 6) is 0.298. The van der Waals surface area contributed by atoms with E-state index in [0.29, 0.717) is 17.3 Å². The highest BCUT2D eigenvalue weighted by Gasteiger charge is 2.30. The Hall–Kier alpha value is -1.71. The SMILES string of the molecule is CC(C1CC1)N(C)c1ccc(N)c(C(N)=O)c1. The number of carbonyl (C=O) groups excluding carboxylic acids is 1. The van der Waals surface area contributed by atoms with E-state index in [1.54, 1.807) is 12.1 Å². The number of amides is 1. The fourth-order valence-electron chi connectivity index (χ4n) is 2.11. The molecule has 0 saturated heterocycles. The highest BCUT2D eigenvalue weighted by Crippen LogP contribution is 2.36. The van der Waals surface area contributed by atoms with Crippen molar-refractivity contribution >= 4 is 17.3 Å². The number of benzene rings is 1. The predicted molar refractivity (Wildman–Crippen MR) is 70.0 cm³/mol. The second-order valence-electron chi connectivity index (χ2n) is 4.82. The Bertz CT molecular complexity index is 440. The van der Waals surface area contributed by atoms with Crippen molar-refractivity contribution in [2.45, 2.75) is 25.8 Å². The van der Waals surface area contributed by atoms with Crippen LogP contribution in [0.25, 0.3) is 0 Å². The van der Waals surface area contributed by atoms with Crippen molar-refractivity contribution in [3.63, 3.8) is 0 Å². The third-order valence-corrected chi connectivity index (χ3v) is 3.62. The van der Waals surface area contributed by atoms with Gasteiger partial charge in [-0.05, 0) is 43.9 Å². The molecule has 1 fully saturated rings. The second-order valence-corrected chi connectivity index (χ2v) is 4.82. The third-order valence-electron chi connectivity index (χ3n) is 3.62. The maximum absolute atomic E-state index is 11.2. The first-order chi connectivity index (χ1) is 8.00. The maximum Gasteiger partial charge on any atom is 0.250 e. The molecule has 0 aliphatic heterocycles. The first-order valence-corrected chi connectivity index (χ1v) is 5.93. The Labute approximate surface area is 102 Å². The van der Waals surface area contributed by atoms with Gasteiger partial charge in [-0.25, -0.2) is 0 Å². The van der Waals surface area contributed by atoms with Gasteiger partial charge in [-0.3, -0.25) is 4.79 Å². The minimum Gasteiger partial charge on any atom is -0.398 e. The quantitative estimate of drug-likeness (QED) is 0.776. The highest BCUT2D eigenvalue weighted by atomic mass is 16.1. The van der Waals surface area contributed by atoms with E-state index < -0.39 is 5.91 Å². The summed E-state index contributed by atoms with van der Waals surface area (Å²) in [7, 11) is 2.04. The van der Waals surface area contributed by atoms with Gasteiger partial charge in [0.25, 0.3) is 5.91 Å². The lowest BCUT2D eigenvalue weighted by Crippen LogP contribution is -2.30. The molecule has 1 unspecified atom stereocenters. The third kappa shape index (κ3) is 2.35. The van der Waals surface area contributed by atoms with Gasteiger partial charge in [0.15, 0.2) is 0 Å². The van der Waals surface area contributed by atoms with Gasteiger partial charge in [-0.2, -0.15) is 0 Å². The molecule has 92 valence electrons. The Kier molecular flexibility index (Phi) is 2.96. The van der Waals surface area contributed by atoms with Crippen LogP contribution in [0.5, 0.6) is 0 Å². The number of nitrogens with two attached hydrogens (primary N) is 2. The van der Waals surface area contributed by atoms with E-state index in [2.05, 4.69) is 11.8 Å². The maximum atomic E-state index is 11.2. The zero-order valence-corrected chi connectivity index (χ0v) is 10.3. The summed E-state index contributed by atoms with van der Waals surface area (Å²) in [5.41, 5.74) is 12.8. The smallest absolute Gasteiger partial charge is 0.250 e. The number of rotatable bonds is 4. The number of nitrogens with zero attached hydrogens (tertiary/aromatic N) is 1. The molecule has 1 aliphatic carbocycles. The van der Waals surface area contributed by atoms with Crippen LogP contribution in [0.3, 0.4) is 0 Å². The molecule has 0 radical (unpaired) electrons. The molecule has 1 amide bonds. The molecule has 4 nitrogen and oxygen atoms in total. The van der Waals surface area contributed by atoms with Gasteiger partial charge in [0.2, 0.25) is 0 Å². The van der Waals surface area contributed by atoms with Crippen LogP contribution in [0.4, 0.5) is 11.4 Å². The van der Waals surface area contributed by atoms with Gasteiger partial charge in [0.05, 0.1) is 5.56 Å². The Morgan fingerprint density at radius 2 is 2.12 bits per heavy atom. The van der Waals surface area contributed by atoms with Crippen molar-refractivity contribution < 1.29 is 4.79 Å². The molecule has 17 heavy (non-hydrogen) atoms. The normalized spacial score (nSPS) is 16.6. The molecule has 1 aliphatic rings. The van der Waals surface area contributed by atoms with Crippen molar-refractivity contribution in [2.24, 2.45) is 11.7 Å². The Morgan fingerprint density at radius 1 is 1.47 bits per heavy atom. The Balaban J connectivity index is 2.25. The van der Waals surface area contributed by atoms with E-state index in [1.807, 2.05) is 13.1 Å². The summed E-state index contributed by atoms with van der Waals surface area (Å²) in [5, 5.41) is 0. The minimum atomic E-state index is -0.475. The summed E-state index contributed by atoms with van der Waals surface area (Å²) in [6.45, 7) is 2.21. The van der Waals surface area contributed by atoms with Gasteiger partial charge < -0.3 is 16.4 Å². The van der Waals surface area contributed by atoms with E-state index in [4.69, 9.17) is 11.5 Å². The average Bonchev–Trinajstić information content (AvgIpc) is 3.11. The minimum absolute atomic E-state index is 0.400. The molecule has 1 saturated carbocycles. The topological polar surface area (TPSA) is 72.3 Å². The zero-order chi connectivity index (χ0) is 12.6. The molecule has 0 aromatic heterocycles. The summed E-state index contributed by atoms with van der Waals surface area (Å²) in [6.07, 6.45) is 2.59. The van der Waals surface area contributed by atoms with Crippen molar-refractivity contribution in [1.82, 2.24) is 0 Å². The largest absolute Gasteiger partial charge is 0.398 e. The van der Waals surface area contributed by atoms with Crippen LogP contribution in [-0.4, -0.2) is 19.0 Å². The highest BCUT2D eigenvalue weighted by molar-refractivity contribution is 5.99. The van der Waals surface area contributed by atoms with E-state index in [9.17, 15) is 4.79 Å². The van der Waals surface area contributed by atoms with E-state index >= 15 is 0 Å². The van der Waals surface area contributed by atoms with Crippen molar-refractivity contribution in [3.8, 4) is 0 Å². The van der Waals surface area contributed by atoms with Crippen LogP contribution >= 0.6 is 0 Å². The van der Waals surface area contributed by atoms with Crippen LogP contribution in [0.1, 0.15) is 30.1 Å². The van der Waals surface area contributed by atoms with Crippen LogP contribution in [0.15, 0.2) is 18.2 Å². The molecule has 1 aromatic rings. The van der Waals surface area contributed by atoms with Crippen molar-refractivity contribution in [3.05, 3.63) is 23.8 Å². The summed E-state index contributed by atoms with van der Waals surface area (Å²) < 4.78 is 0. The molecule has 1 aromatic carbocycles. The number of hydrogen-bond acceptors (Lipinski definition) is 3. The number of hydrogen-bond donors (Lipinski definition) is 2. The zero-order valence-electron chi connectivity index (χ0n) is 10.3. The van der Waals surface area contributed by atoms with Gasteiger partial charge in [0.1, 0.15) is 0 Å². The number of carbonyl (C=O) groups is 1. The number of anilines is 2. The van der Waals surface area contributed by atoms with Gasteiger partial charge in [-0.15, -0.1) is 0 Å². The summed E-state index contributed by atoms with van der Waals surface area (Å²) in [4.78, 5) is 13.4. The van der Waals surface area contributed by atoms with Gasteiger partial charge in [0, 0.05) is 24.5 Å². The number of nitrogen functional groups attached to an aromatic ring is 1. The van der Waals surface area contributed by atoms with Gasteiger partial charge >= 0.3 is 0 Å². The Morgan fingerprint density at radius 3 is 2.65 bits per heavy atom. The first kappa shape index (κ1) is 11.8. The van der Waals surface area contributed by atoms with Crippen LogP contribution in [0, 0.1) is 5.92 Å². The molecular weight excluding hydrogens is 214 g/mol. The predicted octanol–water partition coefficient (Wildman–Crippen LogP) is 1.60.